The third-order valence-electron chi connectivity index (χ3n) is 3.95. The SMILES string of the molecule is CC1CCN(CCCNS(=O)(=O)c2ccccc2F)CC1. The minimum absolute atomic E-state index is 0.281. The Kier molecular flexibility index (Phi) is 5.72. The van der Waals surface area contributed by atoms with E-state index in [-0.39, 0.29) is 4.90 Å². The summed E-state index contributed by atoms with van der Waals surface area (Å²) in [6.45, 7) is 5.65. The van der Waals surface area contributed by atoms with Gasteiger partial charge in [0.2, 0.25) is 10.0 Å². The number of likely N-dealkylation sites (tertiary alicyclic amines) is 1. The summed E-state index contributed by atoms with van der Waals surface area (Å²) in [5.41, 5.74) is 0. The predicted octanol–water partition coefficient (Wildman–Crippen LogP) is 2.23. The van der Waals surface area contributed by atoms with Crippen LogP contribution in [-0.4, -0.2) is 39.5 Å². The first-order chi connectivity index (χ1) is 9.99. The van der Waals surface area contributed by atoms with Gasteiger partial charge in [0.25, 0.3) is 0 Å². The van der Waals surface area contributed by atoms with Crippen LogP contribution in [0, 0.1) is 11.7 Å². The summed E-state index contributed by atoms with van der Waals surface area (Å²) < 4.78 is 39.9. The highest BCUT2D eigenvalue weighted by atomic mass is 32.2. The van der Waals surface area contributed by atoms with Crippen LogP contribution in [-0.2, 0) is 10.0 Å². The molecule has 0 spiro atoms. The first-order valence-electron chi connectivity index (χ1n) is 7.45. The third kappa shape index (κ3) is 4.76. The van der Waals surface area contributed by atoms with Crippen molar-refractivity contribution in [3.05, 3.63) is 30.1 Å². The highest BCUT2D eigenvalue weighted by molar-refractivity contribution is 7.89. The minimum atomic E-state index is -3.75. The highest BCUT2D eigenvalue weighted by Gasteiger charge is 2.18. The molecule has 1 fully saturated rings. The van der Waals surface area contributed by atoms with E-state index in [1.807, 2.05) is 0 Å². The number of nitrogens with zero attached hydrogens (tertiary/aromatic N) is 1. The zero-order chi connectivity index (χ0) is 15.3. The van der Waals surface area contributed by atoms with E-state index in [0.717, 1.165) is 38.0 Å². The van der Waals surface area contributed by atoms with Crippen LogP contribution in [0.5, 0.6) is 0 Å². The maximum absolute atomic E-state index is 13.5. The van der Waals surface area contributed by atoms with Crippen molar-refractivity contribution in [1.29, 1.82) is 0 Å². The van der Waals surface area contributed by atoms with Gasteiger partial charge in [0, 0.05) is 6.54 Å². The molecule has 1 aromatic carbocycles. The Morgan fingerprint density at radius 1 is 1.29 bits per heavy atom. The molecule has 0 amide bonds. The molecule has 0 unspecified atom stereocenters. The van der Waals surface area contributed by atoms with Crippen molar-refractivity contribution >= 4 is 10.0 Å². The normalized spacial score (nSPS) is 18.0. The summed E-state index contributed by atoms with van der Waals surface area (Å²) in [6.07, 6.45) is 3.16. The second-order valence-corrected chi connectivity index (χ2v) is 7.44. The van der Waals surface area contributed by atoms with Gasteiger partial charge in [-0.2, -0.15) is 0 Å². The lowest BCUT2D eigenvalue weighted by molar-refractivity contribution is 0.191. The van der Waals surface area contributed by atoms with Crippen LogP contribution in [0.1, 0.15) is 26.2 Å². The standard InChI is InChI=1S/C15H23FN2O2S/c1-13-7-11-18(12-8-13)10-4-9-17-21(19,20)15-6-3-2-5-14(15)16/h2-3,5-6,13,17H,4,7-12H2,1H3. The lowest BCUT2D eigenvalue weighted by atomic mass is 9.99. The van der Waals surface area contributed by atoms with Crippen molar-refractivity contribution in [3.8, 4) is 0 Å². The fourth-order valence-corrected chi connectivity index (χ4v) is 3.69. The molecular weight excluding hydrogens is 291 g/mol. The van der Waals surface area contributed by atoms with Gasteiger partial charge in [-0.3, -0.25) is 0 Å². The molecule has 1 aliphatic heterocycles. The summed E-state index contributed by atoms with van der Waals surface area (Å²) in [4.78, 5) is 2.08. The number of nitrogens with one attached hydrogen (secondary N) is 1. The number of benzene rings is 1. The van der Waals surface area contributed by atoms with Crippen molar-refractivity contribution in [2.75, 3.05) is 26.2 Å². The fraction of sp³-hybridized carbons (Fsp3) is 0.600. The first kappa shape index (κ1) is 16.4. The van der Waals surface area contributed by atoms with Crippen LogP contribution in [0.15, 0.2) is 29.2 Å². The molecule has 6 heteroatoms. The van der Waals surface area contributed by atoms with Crippen LogP contribution in [0.25, 0.3) is 0 Å². The van der Waals surface area contributed by atoms with E-state index in [1.54, 1.807) is 0 Å². The van der Waals surface area contributed by atoms with Gasteiger partial charge >= 0.3 is 0 Å². The van der Waals surface area contributed by atoms with Crippen molar-refractivity contribution in [3.63, 3.8) is 0 Å². The molecule has 0 aromatic heterocycles. The zero-order valence-corrected chi connectivity index (χ0v) is 13.2. The molecule has 1 aliphatic rings. The molecule has 0 radical (unpaired) electrons. The number of halogens is 1. The van der Waals surface area contributed by atoms with Gasteiger partial charge in [0.15, 0.2) is 0 Å². The summed E-state index contributed by atoms with van der Waals surface area (Å²) in [7, 11) is -3.75. The molecule has 21 heavy (non-hydrogen) atoms. The summed E-state index contributed by atoms with van der Waals surface area (Å²) in [5, 5.41) is 0. The van der Waals surface area contributed by atoms with Gasteiger partial charge in [0.1, 0.15) is 10.7 Å². The molecule has 118 valence electrons. The molecule has 0 aliphatic carbocycles. The Balaban J connectivity index is 1.77. The maximum Gasteiger partial charge on any atom is 0.243 e. The highest BCUT2D eigenvalue weighted by Crippen LogP contribution is 2.16. The Morgan fingerprint density at radius 3 is 2.62 bits per heavy atom. The molecule has 1 N–H and O–H groups in total. The fourth-order valence-electron chi connectivity index (χ4n) is 2.54. The van der Waals surface area contributed by atoms with E-state index in [9.17, 15) is 12.8 Å². The number of hydrogen-bond acceptors (Lipinski definition) is 3. The Hall–Kier alpha value is -0.980. The molecule has 0 atom stereocenters. The minimum Gasteiger partial charge on any atom is -0.303 e. The number of sulfonamides is 1. The second kappa shape index (κ2) is 7.33. The van der Waals surface area contributed by atoms with Crippen LogP contribution in [0.2, 0.25) is 0 Å². The lowest BCUT2D eigenvalue weighted by Crippen LogP contribution is -2.35. The van der Waals surface area contributed by atoms with E-state index in [2.05, 4.69) is 16.5 Å². The average molecular weight is 314 g/mol. The Labute approximate surface area is 126 Å². The zero-order valence-electron chi connectivity index (χ0n) is 12.4. The molecule has 1 aromatic rings. The number of rotatable bonds is 6. The number of hydrogen-bond donors (Lipinski definition) is 1. The van der Waals surface area contributed by atoms with Crippen molar-refractivity contribution in [1.82, 2.24) is 9.62 Å². The quantitative estimate of drug-likeness (QED) is 0.819. The smallest absolute Gasteiger partial charge is 0.243 e. The van der Waals surface area contributed by atoms with Gasteiger partial charge in [-0.15, -0.1) is 0 Å². The lowest BCUT2D eigenvalue weighted by Gasteiger charge is -2.30. The van der Waals surface area contributed by atoms with Gasteiger partial charge < -0.3 is 4.90 Å². The van der Waals surface area contributed by atoms with Gasteiger partial charge in [-0.25, -0.2) is 17.5 Å². The van der Waals surface area contributed by atoms with Crippen LogP contribution in [0.3, 0.4) is 0 Å². The average Bonchev–Trinajstić information content (AvgIpc) is 2.46. The number of piperidine rings is 1. The Morgan fingerprint density at radius 2 is 1.95 bits per heavy atom. The van der Waals surface area contributed by atoms with E-state index in [0.29, 0.717) is 6.54 Å². The van der Waals surface area contributed by atoms with E-state index >= 15 is 0 Å². The Bertz CT molecular complexity index is 555. The molecular formula is C15H23FN2O2S. The summed E-state index contributed by atoms with van der Waals surface area (Å²) in [5.74, 6) is 0.0795. The van der Waals surface area contributed by atoms with Crippen molar-refractivity contribution in [2.24, 2.45) is 5.92 Å². The third-order valence-corrected chi connectivity index (χ3v) is 5.44. The van der Waals surface area contributed by atoms with Gasteiger partial charge in [-0.05, 0) is 56.9 Å². The van der Waals surface area contributed by atoms with Gasteiger partial charge in [-0.1, -0.05) is 19.1 Å². The largest absolute Gasteiger partial charge is 0.303 e. The molecule has 0 saturated carbocycles. The molecule has 2 rings (SSSR count). The van der Waals surface area contributed by atoms with Crippen LogP contribution >= 0.6 is 0 Å². The second-order valence-electron chi connectivity index (χ2n) is 5.71. The van der Waals surface area contributed by atoms with E-state index in [1.165, 1.54) is 31.0 Å². The molecule has 4 nitrogen and oxygen atoms in total. The summed E-state index contributed by atoms with van der Waals surface area (Å²) in [6, 6.07) is 5.44. The van der Waals surface area contributed by atoms with Crippen molar-refractivity contribution in [2.45, 2.75) is 31.1 Å². The first-order valence-corrected chi connectivity index (χ1v) is 8.94. The molecule has 0 bridgehead atoms. The summed E-state index contributed by atoms with van der Waals surface area (Å²) >= 11 is 0. The topological polar surface area (TPSA) is 49.4 Å². The van der Waals surface area contributed by atoms with Crippen LogP contribution in [0.4, 0.5) is 4.39 Å². The van der Waals surface area contributed by atoms with E-state index in [4.69, 9.17) is 0 Å². The monoisotopic (exact) mass is 314 g/mol. The predicted molar refractivity (Wildman–Crippen MR) is 81.0 cm³/mol. The maximum atomic E-state index is 13.5. The van der Waals surface area contributed by atoms with Gasteiger partial charge in [0.05, 0.1) is 0 Å². The molecule has 1 heterocycles. The van der Waals surface area contributed by atoms with E-state index < -0.39 is 15.8 Å². The molecule has 1 saturated heterocycles. The van der Waals surface area contributed by atoms with Crippen LogP contribution < -0.4 is 4.72 Å². The van der Waals surface area contributed by atoms with Crippen molar-refractivity contribution < 1.29 is 12.8 Å².